The van der Waals surface area contributed by atoms with Crippen molar-refractivity contribution in [3.8, 4) is 0 Å². The Bertz CT molecular complexity index is 443. The highest BCUT2D eigenvalue weighted by molar-refractivity contribution is 5.50. The largest absolute Gasteiger partial charge is 0.395 e. The number of nitrogens with one attached hydrogen (secondary N) is 1. The van der Waals surface area contributed by atoms with E-state index in [9.17, 15) is 5.11 Å². The van der Waals surface area contributed by atoms with Crippen molar-refractivity contribution in [1.82, 2.24) is 9.97 Å². The number of hydrogen-bond donors (Lipinski definition) is 2. The second-order valence-electron chi connectivity index (χ2n) is 5.50. The lowest BCUT2D eigenvalue weighted by Crippen LogP contribution is -2.42. The van der Waals surface area contributed by atoms with Crippen molar-refractivity contribution in [2.24, 2.45) is 0 Å². The van der Waals surface area contributed by atoms with Gasteiger partial charge in [-0.15, -0.1) is 0 Å². The highest BCUT2D eigenvalue weighted by Gasteiger charge is 2.30. The van der Waals surface area contributed by atoms with E-state index in [1.807, 2.05) is 13.1 Å². The van der Waals surface area contributed by atoms with Gasteiger partial charge in [0, 0.05) is 31.6 Å². The SMILES string of the molecule is CNc1cc(N(CCO)C2CCC2)nc(C2CC2)n1. The van der Waals surface area contributed by atoms with Crippen LogP contribution in [0.3, 0.4) is 0 Å². The first-order chi connectivity index (χ1) is 9.31. The number of aliphatic hydroxyl groups excluding tert-OH is 1. The number of hydrogen-bond acceptors (Lipinski definition) is 5. The summed E-state index contributed by atoms with van der Waals surface area (Å²) >= 11 is 0. The Morgan fingerprint density at radius 3 is 2.63 bits per heavy atom. The van der Waals surface area contributed by atoms with E-state index in [1.165, 1.54) is 32.1 Å². The Morgan fingerprint density at radius 1 is 1.32 bits per heavy atom. The van der Waals surface area contributed by atoms with E-state index < -0.39 is 0 Å². The highest BCUT2D eigenvalue weighted by atomic mass is 16.3. The van der Waals surface area contributed by atoms with Gasteiger partial charge in [0.15, 0.2) is 0 Å². The fourth-order valence-electron chi connectivity index (χ4n) is 2.54. The van der Waals surface area contributed by atoms with Gasteiger partial charge in [-0.1, -0.05) is 0 Å². The quantitative estimate of drug-likeness (QED) is 0.818. The summed E-state index contributed by atoms with van der Waals surface area (Å²) in [6.45, 7) is 0.836. The first kappa shape index (κ1) is 12.7. The van der Waals surface area contributed by atoms with Crippen molar-refractivity contribution in [3.63, 3.8) is 0 Å². The summed E-state index contributed by atoms with van der Waals surface area (Å²) in [6.07, 6.45) is 6.10. The molecule has 2 saturated carbocycles. The summed E-state index contributed by atoms with van der Waals surface area (Å²) in [6, 6.07) is 2.54. The summed E-state index contributed by atoms with van der Waals surface area (Å²) in [4.78, 5) is 11.5. The van der Waals surface area contributed by atoms with Crippen molar-refractivity contribution in [2.75, 3.05) is 30.4 Å². The molecule has 0 spiro atoms. The fraction of sp³-hybridized carbons (Fsp3) is 0.714. The Labute approximate surface area is 114 Å². The predicted molar refractivity (Wildman–Crippen MR) is 75.6 cm³/mol. The number of aromatic nitrogens is 2. The maximum absolute atomic E-state index is 9.28. The lowest BCUT2D eigenvalue weighted by molar-refractivity contribution is 0.283. The Balaban J connectivity index is 1.89. The minimum atomic E-state index is 0.175. The van der Waals surface area contributed by atoms with Gasteiger partial charge >= 0.3 is 0 Å². The molecule has 3 rings (SSSR count). The number of anilines is 2. The zero-order valence-electron chi connectivity index (χ0n) is 11.5. The molecule has 1 heterocycles. The molecule has 0 unspecified atom stereocenters. The van der Waals surface area contributed by atoms with Crippen LogP contribution in [0.1, 0.15) is 43.8 Å². The molecule has 5 nitrogen and oxygen atoms in total. The molecule has 2 fully saturated rings. The van der Waals surface area contributed by atoms with Gasteiger partial charge in [-0.25, -0.2) is 9.97 Å². The summed E-state index contributed by atoms with van der Waals surface area (Å²) < 4.78 is 0. The van der Waals surface area contributed by atoms with Crippen molar-refractivity contribution in [2.45, 2.75) is 44.1 Å². The van der Waals surface area contributed by atoms with Gasteiger partial charge in [0.05, 0.1) is 6.61 Å². The molecule has 2 N–H and O–H groups in total. The second kappa shape index (κ2) is 5.33. The van der Waals surface area contributed by atoms with E-state index in [0.29, 0.717) is 18.5 Å². The average molecular weight is 262 g/mol. The van der Waals surface area contributed by atoms with E-state index >= 15 is 0 Å². The van der Waals surface area contributed by atoms with E-state index in [1.54, 1.807) is 0 Å². The molecular weight excluding hydrogens is 240 g/mol. The smallest absolute Gasteiger partial charge is 0.136 e. The summed E-state index contributed by atoms with van der Waals surface area (Å²) in [7, 11) is 1.89. The Kier molecular flexibility index (Phi) is 3.55. The zero-order valence-corrected chi connectivity index (χ0v) is 11.5. The molecule has 0 aliphatic heterocycles. The van der Waals surface area contributed by atoms with E-state index in [2.05, 4.69) is 15.2 Å². The summed E-state index contributed by atoms with van der Waals surface area (Å²) in [5.74, 6) is 3.36. The van der Waals surface area contributed by atoms with Gasteiger partial charge < -0.3 is 15.3 Å². The lowest BCUT2D eigenvalue weighted by Gasteiger charge is -2.38. The molecule has 0 bridgehead atoms. The van der Waals surface area contributed by atoms with Crippen LogP contribution in [0, 0.1) is 0 Å². The molecule has 0 radical (unpaired) electrons. The van der Waals surface area contributed by atoms with E-state index in [-0.39, 0.29) is 6.61 Å². The molecule has 1 aromatic heterocycles. The van der Waals surface area contributed by atoms with Gasteiger partial charge in [-0.3, -0.25) is 0 Å². The van der Waals surface area contributed by atoms with Gasteiger partial charge in [0.2, 0.25) is 0 Å². The van der Waals surface area contributed by atoms with Gasteiger partial charge in [0.1, 0.15) is 17.5 Å². The molecule has 0 saturated heterocycles. The van der Waals surface area contributed by atoms with Crippen molar-refractivity contribution < 1.29 is 5.11 Å². The molecular formula is C14H22N4O. The van der Waals surface area contributed by atoms with Gasteiger partial charge in [0.25, 0.3) is 0 Å². The zero-order chi connectivity index (χ0) is 13.2. The number of rotatable bonds is 6. The van der Waals surface area contributed by atoms with E-state index in [0.717, 1.165) is 17.5 Å². The first-order valence-electron chi connectivity index (χ1n) is 7.26. The number of nitrogens with zero attached hydrogens (tertiary/aromatic N) is 3. The van der Waals surface area contributed by atoms with Crippen LogP contribution in [0.25, 0.3) is 0 Å². The monoisotopic (exact) mass is 262 g/mol. The minimum absolute atomic E-state index is 0.175. The van der Waals surface area contributed by atoms with Crippen LogP contribution in [0.15, 0.2) is 6.07 Å². The maximum atomic E-state index is 9.28. The Morgan fingerprint density at radius 2 is 2.11 bits per heavy atom. The highest BCUT2D eigenvalue weighted by Crippen LogP contribution is 2.39. The molecule has 19 heavy (non-hydrogen) atoms. The molecule has 0 aromatic carbocycles. The van der Waals surface area contributed by atoms with Crippen molar-refractivity contribution in [1.29, 1.82) is 0 Å². The van der Waals surface area contributed by atoms with Gasteiger partial charge in [-0.2, -0.15) is 0 Å². The van der Waals surface area contributed by atoms with Crippen LogP contribution in [0.5, 0.6) is 0 Å². The standard InChI is InChI=1S/C14H22N4O/c1-15-12-9-13(17-14(16-12)10-5-6-10)18(7-8-19)11-3-2-4-11/h9-11,19H,2-8H2,1H3,(H,15,16,17). The lowest BCUT2D eigenvalue weighted by atomic mass is 9.91. The third kappa shape index (κ3) is 2.66. The Hall–Kier alpha value is -1.36. The fourth-order valence-corrected chi connectivity index (χ4v) is 2.54. The van der Waals surface area contributed by atoms with E-state index in [4.69, 9.17) is 4.98 Å². The van der Waals surface area contributed by atoms with Crippen LogP contribution < -0.4 is 10.2 Å². The molecule has 104 valence electrons. The molecule has 2 aliphatic rings. The first-order valence-corrected chi connectivity index (χ1v) is 7.26. The van der Waals surface area contributed by atoms with Gasteiger partial charge in [-0.05, 0) is 32.1 Å². The molecule has 2 aliphatic carbocycles. The average Bonchev–Trinajstić information content (AvgIpc) is 3.20. The second-order valence-corrected chi connectivity index (χ2v) is 5.50. The number of aliphatic hydroxyl groups is 1. The molecule has 0 atom stereocenters. The molecule has 5 heteroatoms. The maximum Gasteiger partial charge on any atom is 0.136 e. The van der Waals surface area contributed by atoms with Crippen LogP contribution in [-0.4, -0.2) is 41.3 Å². The predicted octanol–water partition coefficient (Wildman–Crippen LogP) is 1.75. The van der Waals surface area contributed by atoms with Crippen LogP contribution in [0.4, 0.5) is 11.6 Å². The van der Waals surface area contributed by atoms with Crippen LogP contribution in [-0.2, 0) is 0 Å². The normalized spacial score (nSPS) is 19.1. The third-order valence-corrected chi connectivity index (χ3v) is 4.08. The van der Waals surface area contributed by atoms with Crippen LogP contribution in [0.2, 0.25) is 0 Å². The summed E-state index contributed by atoms with van der Waals surface area (Å²) in [5, 5.41) is 12.4. The van der Waals surface area contributed by atoms with Crippen LogP contribution >= 0.6 is 0 Å². The topological polar surface area (TPSA) is 61.3 Å². The molecule has 0 amide bonds. The summed E-state index contributed by atoms with van der Waals surface area (Å²) in [5.41, 5.74) is 0. The third-order valence-electron chi connectivity index (χ3n) is 4.08. The minimum Gasteiger partial charge on any atom is -0.395 e. The van der Waals surface area contributed by atoms with Crippen molar-refractivity contribution >= 4 is 11.6 Å². The molecule has 1 aromatic rings. The van der Waals surface area contributed by atoms with Crippen molar-refractivity contribution in [3.05, 3.63) is 11.9 Å².